The van der Waals surface area contributed by atoms with E-state index in [-0.39, 0.29) is 30.7 Å². The molecule has 1 fully saturated rings. The second-order valence-corrected chi connectivity index (χ2v) is 5.63. The Bertz CT molecular complexity index is 529. The quantitative estimate of drug-likeness (QED) is 0.828. The molecular formula is C16H22FN3O2. The lowest BCUT2D eigenvalue weighted by Gasteiger charge is -2.24. The lowest BCUT2D eigenvalue weighted by Crippen LogP contribution is -2.43. The van der Waals surface area contributed by atoms with E-state index < -0.39 is 0 Å². The monoisotopic (exact) mass is 307 g/mol. The number of nitrogens with one attached hydrogen (secondary N) is 1. The number of amides is 2. The van der Waals surface area contributed by atoms with Crippen LogP contribution in [0.2, 0.25) is 0 Å². The van der Waals surface area contributed by atoms with Crippen LogP contribution < -0.4 is 10.2 Å². The van der Waals surface area contributed by atoms with Crippen molar-refractivity contribution in [3.8, 4) is 0 Å². The van der Waals surface area contributed by atoms with Gasteiger partial charge in [-0.15, -0.1) is 0 Å². The van der Waals surface area contributed by atoms with Crippen molar-refractivity contribution in [3.63, 3.8) is 0 Å². The molecule has 1 aliphatic rings. The zero-order valence-electron chi connectivity index (χ0n) is 13.0. The van der Waals surface area contributed by atoms with Gasteiger partial charge in [-0.2, -0.15) is 0 Å². The zero-order valence-corrected chi connectivity index (χ0v) is 13.0. The van der Waals surface area contributed by atoms with E-state index in [0.717, 1.165) is 12.8 Å². The van der Waals surface area contributed by atoms with Crippen molar-refractivity contribution in [2.75, 3.05) is 31.6 Å². The van der Waals surface area contributed by atoms with Gasteiger partial charge in [0.15, 0.2) is 0 Å². The molecule has 1 aliphatic carbocycles. The summed E-state index contributed by atoms with van der Waals surface area (Å²) < 4.78 is 13.0. The molecule has 0 atom stereocenters. The number of nitrogens with zero attached hydrogens (tertiary/aromatic N) is 2. The maximum absolute atomic E-state index is 13.0. The summed E-state index contributed by atoms with van der Waals surface area (Å²) >= 11 is 0. The topological polar surface area (TPSA) is 52.7 Å². The van der Waals surface area contributed by atoms with Crippen LogP contribution in [0.15, 0.2) is 24.3 Å². The second-order valence-electron chi connectivity index (χ2n) is 5.63. The van der Waals surface area contributed by atoms with Crippen molar-refractivity contribution in [1.82, 2.24) is 10.2 Å². The molecule has 1 N–H and O–H groups in total. The zero-order chi connectivity index (χ0) is 16.1. The maximum atomic E-state index is 13.0. The molecule has 0 saturated heterocycles. The fourth-order valence-corrected chi connectivity index (χ4v) is 2.24. The Kier molecular flexibility index (Phi) is 5.49. The van der Waals surface area contributed by atoms with Crippen LogP contribution in [0.4, 0.5) is 10.1 Å². The van der Waals surface area contributed by atoms with Crippen molar-refractivity contribution in [3.05, 3.63) is 30.1 Å². The van der Waals surface area contributed by atoms with Gasteiger partial charge >= 0.3 is 0 Å². The van der Waals surface area contributed by atoms with Crippen molar-refractivity contribution < 1.29 is 14.0 Å². The number of rotatable bonds is 7. The van der Waals surface area contributed by atoms with Gasteiger partial charge < -0.3 is 10.2 Å². The Balaban J connectivity index is 1.87. The van der Waals surface area contributed by atoms with Crippen molar-refractivity contribution in [1.29, 1.82) is 0 Å². The Morgan fingerprint density at radius 3 is 2.41 bits per heavy atom. The number of hydrogen-bond donors (Lipinski definition) is 1. The Hall–Kier alpha value is -1.95. The number of carbonyl (C=O) groups excluding carboxylic acids is 2. The molecule has 6 heteroatoms. The summed E-state index contributed by atoms with van der Waals surface area (Å²) in [4.78, 5) is 27.3. The van der Waals surface area contributed by atoms with Crippen LogP contribution in [-0.4, -0.2) is 49.4 Å². The first kappa shape index (κ1) is 16.4. The van der Waals surface area contributed by atoms with Gasteiger partial charge in [0.1, 0.15) is 5.82 Å². The lowest BCUT2D eigenvalue weighted by molar-refractivity contribution is -0.123. The van der Waals surface area contributed by atoms with Crippen molar-refractivity contribution in [2.45, 2.75) is 25.8 Å². The Morgan fingerprint density at radius 1 is 1.23 bits per heavy atom. The molecule has 0 radical (unpaired) electrons. The summed E-state index contributed by atoms with van der Waals surface area (Å²) in [6.07, 6.45) is 2.09. The van der Waals surface area contributed by atoms with Crippen LogP contribution in [0.1, 0.15) is 19.8 Å². The minimum absolute atomic E-state index is 0.0531. The van der Waals surface area contributed by atoms with Crippen LogP contribution in [-0.2, 0) is 9.59 Å². The molecule has 0 aliphatic heterocycles. The summed E-state index contributed by atoms with van der Waals surface area (Å²) in [5.41, 5.74) is 0.657. The van der Waals surface area contributed by atoms with Crippen molar-refractivity contribution in [2.24, 2.45) is 0 Å². The molecule has 5 nitrogen and oxygen atoms in total. The normalized spacial score (nSPS) is 14.0. The molecule has 22 heavy (non-hydrogen) atoms. The summed E-state index contributed by atoms with van der Waals surface area (Å²) in [5.74, 6) is -0.500. The minimum Gasteiger partial charge on any atom is -0.352 e. The highest BCUT2D eigenvalue weighted by molar-refractivity contribution is 5.95. The minimum atomic E-state index is -0.332. The van der Waals surface area contributed by atoms with Gasteiger partial charge in [-0.05, 0) is 51.1 Å². The highest BCUT2D eigenvalue weighted by Crippen LogP contribution is 2.18. The molecule has 1 aromatic rings. The standard InChI is InChI=1S/C16H22FN3O2/c1-3-20(14-8-4-12(17)5-9-14)16(22)11-19(2)10-15(21)18-13-6-7-13/h4-5,8-9,13H,3,6-7,10-11H2,1-2H3,(H,18,21). The van der Waals surface area contributed by atoms with E-state index in [0.29, 0.717) is 18.3 Å². The molecule has 0 aromatic heterocycles. The third kappa shape index (κ3) is 4.80. The molecule has 2 rings (SSSR count). The van der Waals surface area contributed by atoms with E-state index in [1.807, 2.05) is 6.92 Å². The number of carbonyl (C=O) groups is 2. The molecule has 2 amide bonds. The fourth-order valence-electron chi connectivity index (χ4n) is 2.24. The van der Waals surface area contributed by atoms with Crippen LogP contribution in [0.3, 0.4) is 0 Å². The van der Waals surface area contributed by atoms with E-state index in [9.17, 15) is 14.0 Å². The Morgan fingerprint density at radius 2 is 1.86 bits per heavy atom. The van der Waals surface area contributed by atoms with Gasteiger partial charge in [0.25, 0.3) is 0 Å². The van der Waals surface area contributed by atoms with Gasteiger partial charge in [-0.1, -0.05) is 0 Å². The third-order valence-electron chi connectivity index (χ3n) is 3.52. The maximum Gasteiger partial charge on any atom is 0.241 e. The van der Waals surface area contributed by atoms with E-state index >= 15 is 0 Å². The predicted molar refractivity (Wildman–Crippen MR) is 83.1 cm³/mol. The predicted octanol–water partition coefficient (Wildman–Crippen LogP) is 1.39. The number of likely N-dealkylation sites (N-methyl/N-ethyl adjacent to an activating group) is 2. The molecule has 0 spiro atoms. The molecule has 0 unspecified atom stereocenters. The molecule has 0 bridgehead atoms. The molecule has 1 aromatic carbocycles. The van der Waals surface area contributed by atoms with Crippen LogP contribution in [0.25, 0.3) is 0 Å². The smallest absolute Gasteiger partial charge is 0.241 e. The average molecular weight is 307 g/mol. The fraction of sp³-hybridized carbons (Fsp3) is 0.500. The van der Waals surface area contributed by atoms with E-state index in [2.05, 4.69) is 5.32 Å². The van der Waals surface area contributed by atoms with Gasteiger partial charge in [-0.25, -0.2) is 4.39 Å². The molecule has 120 valence electrons. The van der Waals surface area contributed by atoms with E-state index in [4.69, 9.17) is 0 Å². The molecule has 0 heterocycles. The van der Waals surface area contributed by atoms with Crippen LogP contribution >= 0.6 is 0 Å². The number of halogens is 1. The van der Waals surface area contributed by atoms with Gasteiger partial charge in [-0.3, -0.25) is 14.5 Å². The Labute approximate surface area is 130 Å². The number of anilines is 1. The lowest BCUT2D eigenvalue weighted by atomic mass is 10.2. The van der Waals surface area contributed by atoms with Crippen LogP contribution in [0.5, 0.6) is 0 Å². The molecular weight excluding hydrogens is 285 g/mol. The SMILES string of the molecule is CCN(C(=O)CN(C)CC(=O)NC1CC1)c1ccc(F)cc1. The largest absolute Gasteiger partial charge is 0.352 e. The first-order valence-corrected chi connectivity index (χ1v) is 7.53. The number of hydrogen-bond acceptors (Lipinski definition) is 3. The second kappa shape index (κ2) is 7.35. The van der Waals surface area contributed by atoms with Gasteiger partial charge in [0.05, 0.1) is 13.1 Å². The molecule has 1 saturated carbocycles. The highest BCUT2D eigenvalue weighted by Gasteiger charge is 2.24. The van der Waals surface area contributed by atoms with Gasteiger partial charge in [0, 0.05) is 18.3 Å². The number of benzene rings is 1. The first-order valence-electron chi connectivity index (χ1n) is 7.53. The van der Waals surface area contributed by atoms with Crippen LogP contribution in [0, 0.1) is 5.82 Å². The summed E-state index contributed by atoms with van der Waals surface area (Å²) in [6, 6.07) is 6.14. The first-order chi connectivity index (χ1) is 10.5. The summed E-state index contributed by atoms with van der Waals surface area (Å²) in [7, 11) is 1.74. The summed E-state index contributed by atoms with van der Waals surface area (Å²) in [6.45, 7) is 2.69. The summed E-state index contributed by atoms with van der Waals surface area (Å²) in [5, 5.41) is 2.89. The van der Waals surface area contributed by atoms with E-state index in [1.165, 1.54) is 12.1 Å². The average Bonchev–Trinajstić information content (AvgIpc) is 3.25. The van der Waals surface area contributed by atoms with Crippen molar-refractivity contribution >= 4 is 17.5 Å². The third-order valence-corrected chi connectivity index (χ3v) is 3.52. The van der Waals surface area contributed by atoms with E-state index in [1.54, 1.807) is 29.0 Å². The van der Waals surface area contributed by atoms with Gasteiger partial charge in [0.2, 0.25) is 11.8 Å². The highest BCUT2D eigenvalue weighted by atomic mass is 19.1.